The summed E-state index contributed by atoms with van der Waals surface area (Å²) in [5.41, 5.74) is 5.30. The Labute approximate surface area is 82.4 Å². The molecule has 0 fully saturated rings. The second-order valence-corrected chi connectivity index (χ2v) is 4.84. The molecule has 0 spiro atoms. The molecule has 0 saturated heterocycles. The highest BCUT2D eigenvalue weighted by Crippen LogP contribution is 2.20. The summed E-state index contributed by atoms with van der Waals surface area (Å²) >= 11 is 0. The van der Waals surface area contributed by atoms with Crippen molar-refractivity contribution < 1.29 is 4.79 Å². The molecule has 0 heterocycles. The van der Waals surface area contributed by atoms with Crippen LogP contribution in [-0.4, -0.2) is 38.2 Å². The van der Waals surface area contributed by atoms with Crippen LogP contribution in [0, 0.1) is 0 Å². The van der Waals surface area contributed by atoms with Crippen molar-refractivity contribution in [2.75, 3.05) is 24.5 Å². The van der Waals surface area contributed by atoms with Crippen molar-refractivity contribution in [2.24, 2.45) is 5.73 Å². The zero-order valence-corrected chi connectivity index (χ0v) is 8.97. The highest BCUT2D eigenvalue weighted by molar-refractivity contribution is 8.76. The van der Waals surface area contributed by atoms with Crippen LogP contribution in [0.15, 0.2) is 0 Å². The molecule has 0 saturated carbocycles. The standard InChI is InChI=1S/C6H15BN2OS2/c7-5-9-6(10)1-3-11-12-4-2-8/h1-5,7-8H2,(H,9,10). The fourth-order valence-corrected chi connectivity index (χ4v) is 2.43. The van der Waals surface area contributed by atoms with Gasteiger partial charge in [-0.25, -0.2) is 0 Å². The van der Waals surface area contributed by atoms with Gasteiger partial charge < -0.3 is 11.1 Å². The average Bonchev–Trinajstić information content (AvgIpc) is 2.05. The van der Waals surface area contributed by atoms with E-state index in [-0.39, 0.29) is 5.91 Å². The van der Waals surface area contributed by atoms with Crippen LogP contribution in [0.2, 0.25) is 0 Å². The molecule has 6 heteroatoms. The van der Waals surface area contributed by atoms with Crippen LogP contribution in [0.4, 0.5) is 0 Å². The maximum absolute atomic E-state index is 10.9. The number of carbonyl (C=O) groups excluding carboxylic acids is 1. The van der Waals surface area contributed by atoms with E-state index in [1.54, 1.807) is 21.6 Å². The van der Waals surface area contributed by atoms with E-state index in [4.69, 9.17) is 5.73 Å². The monoisotopic (exact) mass is 206 g/mol. The Hall–Kier alpha value is 0.195. The second kappa shape index (κ2) is 9.28. The van der Waals surface area contributed by atoms with Gasteiger partial charge in [0.05, 0.1) is 0 Å². The van der Waals surface area contributed by atoms with Gasteiger partial charge in [-0.1, -0.05) is 21.6 Å². The first kappa shape index (κ1) is 12.2. The number of rotatable bonds is 7. The zero-order chi connectivity index (χ0) is 9.23. The van der Waals surface area contributed by atoms with Gasteiger partial charge in [0.2, 0.25) is 5.91 Å². The molecule has 0 rings (SSSR count). The molecule has 0 aliphatic rings. The highest BCUT2D eigenvalue weighted by Gasteiger charge is 1.98. The van der Waals surface area contributed by atoms with Gasteiger partial charge in [-0.05, 0) is 6.44 Å². The fraction of sp³-hybridized carbons (Fsp3) is 0.833. The Balaban J connectivity index is 3.03. The lowest BCUT2D eigenvalue weighted by atomic mass is 10.2. The van der Waals surface area contributed by atoms with Crippen LogP contribution in [0.3, 0.4) is 0 Å². The van der Waals surface area contributed by atoms with E-state index in [1.165, 1.54) is 0 Å². The molecule has 3 nitrogen and oxygen atoms in total. The first-order valence-electron chi connectivity index (χ1n) is 4.02. The van der Waals surface area contributed by atoms with E-state index < -0.39 is 0 Å². The van der Waals surface area contributed by atoms with Gasteiger partial charge in [-0.15, -0.1) is 0 Å². The number of hydrogen-bond acceptors (Lipinski definition) is 4. The summed E-state index contributed by atoms with van der Waals surface area (Å²) < 4.78 is 0. The van der Waals surface area contributed by atoms with Crippen LogP contribution >= 0.6 is 21.6 Å². The van der Waals surface area contributed by atoms with E-state index in [0.717, 1.165) is 17.9 Å². The molecule has 0 aromatic rings. The maximum Gasteiger partial charge on any atom is 0.220 e. The van der Waals surface area contributed by atoms with Crippen molar-refractivity contribution in [3.05, 3.63) is 0 Å². The van der Waals surface area contributed by atoms with Crippen molar-refractivity contribution in [3.8, 4) is 0 Å². The molecule has 0 radical (unpaired) electrons. The Bertz CT molecular complexity index is 126. The van der Waals surface area contributed by atoms with Crippen LogP contribution < -0.4 is 11.1 Å². The van der Waals surface area contributed by atoms with Crippen molar-refractivity contribution in [3.63, 3.8) is 0 Å². The lowest BCUT2D eigenvalue weighted by molar-refractivity contribution is -0.120. The number of carbonyl (C=O) groups is 1. The topological polar surface area (TPSA) is 55.1 Å². The Morgan fingerprint density at radius 1 is 1.42 bits per heavy atom. The first-order valence-corrected chi connectivity index (χ1v) is 6.51. The number of amides is 1. The van der Waals surface area contributed by atoms with Crippen LogP contribution in [0.25, 0.3) is 0 Å². The summed E-state index contributed by atoms with van der Waals surface area (Å²) in [6.45, 7) is 0.707. The quantitative estimate of drug-likeness (QED) is 0.332. The maximum atomic E-state index is 10.9. The van der Waals surface area contributed by atoms with Gasteiger partial charge in [-0.3, -0.25) is 4.79 Å². The minimum atomic E-state index is 0.137. The van der Waals surface area contributed by atoms with Crippen LogP contribution in [0.5, 0.6) is 0 Å². The highest BCUT2D eigenvalue weighted by atomic mass is 33.1. The summed E-state index contributed by atoms with van der Waals surface area (Å²) in [5.74, 6) is 1.97. The molecular weight excluding hydrogens is 191 g/mol. The van der Waals surface area contributed by atoms with E-state index in [2.05, 4.69) is 5.32 Å². The molecular formula is C6H15BN2OS2. The average molecular weight is 206 g/mol. The molecule has 1 amide bonds. The van der Waals surface area contributed by atoms with Crippen LogP contribution in [0.1, 0.15) is 6.42 Å². The normalized spacial score (nSPS) is 9.75. The third-order valence-electron chi connectivity index (χ3n) is 1.07. The molecule has 0 unspecified atom stereocenters. The molecule has 0 bridgehead atoms. The summed E-state index contributed by atoms with van der Waals surface area (Å²) in [6, 6.07) is 0. The van der Waals surface area contributed by atoms with Gasteiger partial charge >= 0.3 is 0 Å². The predicted octanol–water partition coefficient (Wildman–Crippen LogP) is -0.577. The molecule has 0 atom stereocenters. The van der Waals surface area contributed by atoms with Crippen molar-refractivity contribution in [1.29, 1.82) is 0 Å². The van der Waals surface area contributed by atoms with Gasteiger partial charge in [0.25, 0.3) is 0 Å². The smallest absolute Gasteiger partial charge is 0.220 e. The van der Waals surface area contributed by atoms with Gasteiger partial charge in [0.15, 0.2) is 0 Å². The number of nitrogens with one attached hydrogen (secondary N) is 1. The van der Waals surface area contributed by atoms with E-state index in [0.29, 0.717) is 13.0 Å². The molecule has 0 aliphatic heterocycles. The predicted molar refractivity (Wildman–Crippen MR) is 60.1 cm³/mol. The summed E-state index contributed by atoms with van der Waals surface area (Å²) in [6.07, 6.45) is 1.33. The fourth-order valence-electron chi connectivity index (χ4n) is 0.586. The minimum absolute atomic E-state index is 0.137. The van der Waals surface area contributed by atoms with Crippen LogP contribution in [-0.2, 0) is 4.79 Å². The Kier molecular flexibility index (Phi) is 9.44. The molecule has 12 heavy (non-hydrogen) atoms. The minimum Gasteiger partial charge on any atom is -0.364 e. The lowest BCUT2D eigenvalue weighted by Crippen LogP contribution is -2.24. The molecule has 0 aromatic heterocycles. The van der Waals surface area contributed by atoms with Crippen molar-refractivity contribution in [2.45, 2.75) is 6.42 Å². The third-order valence-corrected chi connectivity index (χ3v) is 3.51. The Morgan fingerprint density at radius 2 is 2.08 bits per heavy atom. The zero-order valence-electron chi connectivity index (χ0n) is 7.34. The number of nitrogens with two attached hydrogens (primary N) is 1. The van der Waals surface area contributed by atoms with Crippen molar-refractivity contribution >= 4 is 35.3 Å². The molecule has 0 aliphatic carbocycles. The van der Waals surface area contributed by atoms with E-state index in [9.17, 15) is 4.79 Å². The van der Waals surface area contributed by atoms with Gasteiger partial charge in [-0.2, -0.15) is 0 Å². The van der Waals surface area contributed by atoms with Crippen molar-refractivity contribution in [1.82, 2.24) is 5.32 Å². The molecule has 3 N–H and O–H groups in total. The second-order valence-electron chi connectivity index (χ2n) is 2.14. The summed E-state index contributed by atoms with van der Waals surface area (Å²) in [5, 5.41) is 2.75. The summed E-state index contributed by atoms with van der Waals surface area (Å²) in [7, 11) is 5.36. The SMILES string of the molecule is BCNC(=O)CCSSCCN. The van der Waals surface area contributed by atoms with E-state index >= 15 is 0 Å². The third kappa shape index (κ3) is 8.29. The van der Waals surface area contributed by atoms with E-state index in [1.807, 2.05) is 7.85 Å². The molecule has 70 valence electrons. The summed E-state index contributed by atoms with van der Waals surface area (Å²) in [4.78, 5) is 10.9. The Morgan fingerprint density at radius 3 is 2.67 bits per heavy atom. The first-order chi connectivity index (χ1) is 5.81. The van der Waals surface area contributed by atoms with Gasteiger partial charge in [0.1, 0.15) is 7.85 Å². The molecule has 0 aromatic carbocycles. The van der Waals surface area contributed by atoms with Gasteiger partial charge in [0, 0.05) is 24.5 Å². The largest absolute Gasteiger partial charge is 0.364 e. The lowest BCUT2D eigenvalue weighted by Gasteiger charge is -2.00. The number of hydrogen-bond donors (Lipinski definition) is 2.